The molecule has 3 nitrogen and oxygen atoms in total. The number of ether oxygens (including phenoxy) is 1. The first kappa shape index (κ1) is 12.4. The number of carbonyl (C=O) groups is 1. The van der Waals surface area contributed by atoms with Crippen molar-refractivity contribution in [3.8, 4) is 12.3 Å². The van der Waals surface area contributed by atoms with E-state index >= 15 is 0 Å². The molecule has 1 fully saturated rings. The first-order valence-corrected chi connectivity index (χ1v) is 6.08. The van der Waals surface area contributed by atoms with Gasteiger partial charge in [0, 0.05) is 18.1 Å². The lowest BCUT2D eigenvalue weighted by Gasteiger charge is -2.41. The Hall–Kier alpha value is -0.660. The van der Waals surface area contributed by atoms with Gasteiger partial charge < -0.3 is 4.74 Å². The molecule has 0 radical (unpaired) electrons. The van der Waals surface area contributed by atoms with Crippen molar-refractivity contribution >= 4 is 17.7 Å². The summed E-state index contributed by atoms with van der Waals surface area (Å²) in [5.74, 6) is 4.31. The highest BCUT2D eigenvalue weighted by molar-refractivity contribution is 7.99. The van der Waals surface area contributed by atoms with Crippen LogP contribution in [0.15, 0.2) is 0 Å². The fourth-order valence-electron chi connectivity index (χ4n) is 1.69. The van der Waals surface area contributed by atoms with E-state index in [2.05, 4.69) is 10.8 Å². The predicted molar refractivity (Wildman–Crippen MR) is 62.7 cm³/mol. The van der Waals surface area contributed by atoms with Gasteiger partial charge in [0.25, 0.3) is 0 Å². The minimum absolute atomic E-state index is 0.189. The second kappa shape index (κ2) is 4.91. The van der Waals surface area contributed by atoms with Gasteiger partial charge in [-0.15, -0.1) is 6.42 Å². The molecule has 0 spiro atoms. The summed E-state index contributed by atoms with van der Waals surface area (Å²) >= 11 is 1.77. The number of terminal acetylenes is 1. The molecule has 0 N–H and O–H groups in total. The van der Waals surface area contributed by atoms with Crippen molar-refractivity contribution < 1.29 is 9.53 Å². The lowest BCUT2D eigenvalue weighted by Crippen LogP contribution is -2.56. The molecule has 1 aliphatic rings. The average molecular weight is 227 g/mol. The summed E-state index contributed by atoms with van der Waals surface area (Å²) in [5.41, 5.74) is -0.389. The zero-order chi connectivity index (χ0) is 11.5. The van der Waals surface area contributed by atoms with E-state index in [-0.39, 0.29) is 17.6 Å². The lowest BCUT2D eigenvalue weighted by atomic mass is 10.0. The van der Waals surface area contributed by atoms with Gasteiger partial charge in [-0.3, -0.25) is 9.69 Å². The van der Waals surface area contributed by atoms with E-state index < -0.39 is 0 Å². The SMILES string of the molecule is C#CC(C)(C)N1CCSCC1C(=O)OC. The van der Waals surface area contributed by atoms with Crippen LogP contribution in [0.4, 0.5) is 0 Å². The zero-order valence-electron chi connectivity index (χ0n) is 9.45. The molecule has 1 aliphatic heterocycles. The highest BCUT2D eigenvalue weighted by Gasteiger charge is 2.37. The molecule has 4 heteroatoms. The maximum absolute atomic E-state index is 11.6. The minimum Gasteiger partial charge on any atom is -0.468 e. The van der Waals surface area contributed by atoms with Crippen LogP contribution in [0.25, 0.3) is 0 Å². The Morgan fingerprint density at radius 3 is 2.87 bits per heavy atom. The monoisotopic (exact) mass is 227 g/mol. The number of carbonyl (C=O) groups excluding carboxylic acids is 1. The van der Waals surface area contributed by atoms with Crippen molar-refractivity contribution in [2.45, 2.75) is 25.4 Å². The van der Waals surface area contributed by atoms with Crippen molar-refractivity contribution in [1.82, 2.24) is 4.90 Å². The van der Waals surface area contributed by atoms with Crippen LogP contribution in [0, 0.1) is 12.3 Å². The molecule has 1 unspecified atom stereocenters. The Labute approximate surface area is 95.5 Å². The summed E-state index contributed by atoms with van der Waals surface area (Å²) in [6.07, 6.45) is 5.49. The van der Waals surface area contributed by atoms with Crippen LogP contribution in [-0.4, -0.2) is 47.6 Å². The smallest absolute Gasteiger partial charge is 0.323 e. The van der Waals surface area contributed by atoms with Gasteiger partial charge in [-0.1, -0.05) is 5.92 Å². The van der Waals surface area contributed by atoms with Gasteiger partial charge >= 0.3 is 5.97 Å². The fraction of sp³-hybridized carbons (Fsp3) is 0.727. The molecule has 1 saturated heterocycles. The van der Waals surface area contributed by atoms with Crippen LogP contribution < -0.4 is 0 Å². The maximum Gasteiger partial charge on any atom is 0.323 e. The van der Waals surface area contributed by atoms with Crippen molar-refractivity contribution in [1.29, 1.82) is 0 Å². The summed E-state index contributed by atoms with van der Waals surface area (Å²) in [7, 11) is 1.42. The molecule has 0 amide bonds. The van der Waals surface area contributed by atoms with Gasteiger partial charge in [-0.05, 0) is 13.8 Å². The number of hydrogen-bond donors (Lipinski definition) is 0. The Kier molecular flexibility index (Phi) is 4.06. The molecular weight excluding hydrogens is 210 g/mol. The van der Waals surface area contributed by atoms with Gasteiger partial charge in [0.2, 0.25) is 0 Å². The quantitative estimate of drug-likeness (QED) is 0.520. The van der Waals surface area contributed by atoms with Crippen LogP contribution in [-0.2, 0) is 9.53 Å². The number of esters is 1. The van der Waals surface area contributed by atoms with Gasteiger partial charge in [-0.25, -0.2) is 0 Å². The number of thioether (sulfide) groups is 1. The third kappa shape index (κ3) is 2.67. The van der Waals surface area contributed by atoms with Crippen LogP contribution >= 0.6 is 11.8 Å². The summed E-state index contributed by atoms with van der Waals surface area (Å²) < 4.78 is 4.80. The van der Waals surface area contributed by atoms with Crippen LogP contribution in [0.2, 0.25) is 0 Å². The Balaban J connectivity index is 2.84. The molecule has 1 atom stereocenters. The average Bonchev–Trinajstić information content (AvgIpc) is 2.28. The van der Waals surface area contributed by atoms with Crippen LogP contribution in [0.3, 0.4) is 0 Å². The molecule has 0 bridgehead atoms. The third-order valence-corrected chi connectivity index (χ3v) is 3.70. The first-order valence-electron chi connectivity index (χ1n) is 4.93. The van der Waals surface area contributed by atoms with E-state index in [0.717, 1.165) is 18.1 Å². The zero-order valence-corrected chi connectivity index (χ0v) is 10.3. The molecule has 0 aliphatic carbocycles. The lowest BCUT2D eigenvalue weighted by molar-refractivity contribution is -0.147. The summed E-state index contributed by atoms with van der Waals surface area (Å²) in [6, 6.07) is -0.209. The molecule has 0 saturated carbocycles. The molecule has 1 heterocycles. The molecule has 0 aromatic heterocycles. The Morgan fingerprint density at radius 2 is 2.33 bits per heavy atom. The van der Waals surface area contributed by atoms with Gasteiger partial charge in [0.05, 0.1) is 12.6 Å². The van der Waals surface area contributed by atoms with Crippen LogP contribution in [0.1, 0.15) is 13.8 Å². The summed E-state index contributed by atoms with van der Waals surface area (Å²) in [5, 5.41) is 0. The molecule has 1 rings (SSSR count). The molecule has 0 aromatic carbocycles. The van der Waals surface area contributed by atoms with Crippen molar-refractivity contribution in [2.24, 2.45) is 0 Å². The molecular formula is C11H17NO2S. The number of methoxy groups -OCH3 is 1. The highest BCUT2D eigenvalue weighted by Crippen LogP contribution is 2.25. The standard InChI is InChI=1S/C11H17NO2S/c1-5-11(2,3)12-6-7-15-8-9(12)10(13)14-4/h1,9H,6-8H2,2-4H3. The minimum atomic E-state index is -0.389. The summed E-state index contributed by atoms with van der Waals surface area (Å²) in [4.78, 5) is 13.6. The largest absolute Gasteiger partial charge is 0.468 e. The van der Waals surface area contributed by atoms with E-state index in [1.54, 1.807) is 11.8 Å². The number of nitrogens with zero attached hydrogens (tertiary/aromatic N) is 1. The fourth-order valence-corrected chi connectivity index (χ4v) is 2.72. The second-order valence-corrected chi connectivity index (χ2v) is 5.16. The first-order chi connectivity index (χ1) is 7.03. The normalized spacial score (nSPS) is 23.2. The highest BCUT2D eigenvalue weighted by atomic mass is 32.2. The Morgan fingerprint density at radius 1 is 1.67 bits per heavy atom. The molecule has 0 aromatic rings. The molecule has 15 heavy (non-hydrogen) atoms. The topological polar surface area (TPSA) is 29.5 Å². The van der Waals surface area contributed by atoms with E-state index in [0.29, 0.717) is 0 Å². The second-order valence-electron chi connectivity index (χ2n) is 4.01. The van der Waals surface area contributed by atoms with E-state index in [1.807, 2.05) is 13.8 Å². The van der Waals surface area contributed by atoms with Crippen LogP contribution in [0.5, 0.6) is 0 Å². The third-order valence-electron chi connectivity index (χ3n) is 2.67. The number of rotatable bonds is 2. The van der Waals surface area contributed by atoms with Crippen molar-refractivity contribution in [2.75, 3.05) is 25.2 Å². The predicted octanol–water partition coefficient (Wildman–Crippen LogP) is 0.989. The van der Waals surface area contributed by atoms with E-state index in [4.69, 9.17) is 11.2 Å². The van der Waals surface area contributed by atoms with Gasteiger partial charge in [0.15, 0.2) is 0 Å². The number of hydrogen-bond acceptors (Lipinski definition) is 4. The van der Waals surface area contributed by atoms with Crippen molar-refractivity contribution in [3.05, 3.63) is 0 Å². The van der Waals surface area contributed by atoms with Gasteiger partial charge in [-0.2, -0.15) is 11.8 Å². The molecule has 84 valence electrons. The Bertz CT molecular complexity index is 283. The summed E-state index contributed by atoms with van der Waals surface area (Å²) in [6.45, 7) is 4.75. The van der Waals surface area contributed by atoms with Gasteiger partial charge in [0.1, 0.15) is 6.04 Å². The van der Waals surface area contributed by atoms with E-state index in [1.165, 1.54) is 7.11 Å². The maximum atomic E-state index is 11.6. The van der Waals surface area contributed by atoms with E-state index in [9.17, 15) is 4.79 Å². The van der Waals surface area contributed by atoms with Crippen molar-refractivity contribution in [3.63, 3.8) is 0 Å².